The summed E-state index contributed by atoms with van der Waals surface area (Å²) in [6.45, 7) is 5.54. The van der Waals surface area contributed by atoms with Gasteiger partial charge in [0.05, 0.1) is 12.2 Å². The molecule has 0 bridgehead atoms. The quantitative estimate of drug-likeness (QED) is 0.300. The number of piperazine rings is 1. The molecule has 230 valence electrons. The maximum Gasteiger partial charge on any atom is 0.433 e. The Morgan fingerprint density at radius 2 is 1.72 bits per heavy atom. The van der Waals surface area contributed by atoms with Gasteiger partial charge in [0.25, 0.3) is 0 Å². The van der Waals surface area contributed by atoms with Gasteiger partial charge < -0.3 is 14.9 Å². The Labute approximate surface area is 252 Å². The van der Waals surface area contributed by atoms with Crippen molar-refractivity contribution in [1.82, 2.24) is 14.7 Å². The van der Waals surface area contributed by atoms with Gasteiger partial charge in [-0.25, -0.2) is 9.18 Å². The predicted octanol–water partition coefficient (Wildman–Crippen LogP) is 6.63. The van der Waals surface area contributed by atoms with Crippen LogP contribution >= 0.6 is 11.6 Å². The molecule has 3 aliphatic rings. The minimum Gasteiger partial charge on any atom is -0.478 e. The molecule has 3 fully saturated rings. The lowest BCUT2D eigenvalue weighted by Gasteiger charge is -2.40. The van der Waals surface area contributed by atoms with Crippen LogP contribution in [0.15, 0.2) is 48.7 Å². The summed E-state index contributed by atoms with van der Waals surface area (Å²) in [4.78, 5) is 18.3. The highest BCUT2D eigenvalue weighted by molar-refractivity contribution is 6.31. The lowest BCUT2D eigenvalue weighted by Crippen LogP contribution is -2.49. The third-order valence-electron chi connectivity index (χ3n) is 8.95. The van der Waals surface area contributed by atoms with Crippen LogP contribution in [-0.4, -0.2) is 77.7 Å². The predicted molar refractivity (Wildman–Crippen MR) is 158 cm³/mol. The maximum absolute atomic E-state index is 13.9. The molecule has 0 amide bonds. The van der Waals surface area contributed by atoms with Crippen molar-refractivity contribution in [2.24, 2.45) is 5.92 Å². The largest absolute Gasteiger partial charge is 0.478 e. The van der Waals surface area contributed by atoms with Crippen molar-refractivity contribution in [2.75, 3.05) is 55.6 Å². The first kappa shape index (κ1) is 29.7. The molecular formula is C31H34ClF4N5O2. The third-order valence-corrected chi connectivity index (χ3v) is 9.18. The van der Waals surface area contributed by atoms with Crippen LogP contribution in [0, 0.1) is 5.92 Å². The fourth-order valence-electron chi connectivity index (χ4n) is 6.67. The molecule has 3 aromatic rings. The zero-order valence-corrected chi connectivity index (χ0v) is 24.4. The number of halogens is 5. The van der Waals surface area contributed by atoms with E-state index in [0.717, 1.165) is 66.1 Å². The third kappa shape index (κ3) is 6.33. The van der Waals surface area contributed by atoms with E-state index in [1.807, 2.05) is 17.0 Å². The molecule has 0 spiro atoms. The van der Waals surface area contributed by atoms with Gasteiger partial charge in [-0.1, -0.05) is 29.8 Å². The molecule has 3 heterocycles. The molecule has 1 aliphatic carbocycles. The second-order valence-corrected chi connectivity index (χ2v) is 12.3. The molecule has 1 atom stereocenters. The van der Waals surface area contributed by atoms with Crippen molar-refractivity contribution in [3.8, 4) is 11.1 Å². The Hall–Kier alpha value is -3.31. The van der Waals surface area contributed by atoms with Crippen molar-refractivity contribution >= 4 is 28.9 Å². The molecule has 1 aromatic heterocycles. The molecule has 0 radical (unpaired) electrons. The summed E-state index contributed by atoms with van der Waals surface area (Å²) in [6, 6.07) is 13.2. The molecule has 2 saturated heterocycles. The van der Waals surface area contributed by atoms with Crippen LogP contribution in [0.5, 0.6) is 0 Å². The highest BCUT2D eigenvalue weighted by Crippen LogP contribution is 2.40. The van der Waals surface area contributed by atoms with Gasteiger partial charge >= 0.3 is 12.1 Å². The van der Waals surface area contributed by atoms with Crippen molar-refractivity contribution in [1.29, 1.82) is 0 Å². The van der Waals surface area contributed by atoms with E-state index in [2.05, 4.69) is 39.2 Å². The van der Waals surface area contributed by atoms with Crippen LogP contribution in [-0.2, 0) is 6.18 Å². The summed E-state index contributed by atoms with van der Waals surface area (Å²) >= 11 is 6.40. The minimum atomic E-state index is -4.85. The minimum absolute atomic E-state index is 0.229. The Balaban J connectivity index is 1.18. The van der Waals surface area contributed by atoms with Crippen LogP contribution in [0.25, 0.3) is 11.1 Å². The van der Waals surface area contributed by atoms with E-state index in [1.165, 1.54) is 0 Å². The summed E-state index contributed by atoms with van der Waals surface area (Å²) in [6.07, 6.45) is -2.26. The van der Waals surface area contributed by atoms with Gasteiger partial charge in [-0.05, 0) is 61.4 Å². The number of hydrogen-bond acceptors (Lipinski definition) is 5. The van der Waals surface area contributed by atoms with Crippen LogP contribution < -0.4 is 9.80 Å². The molecule has 7 nitrogen and oxygen atoms in total. The van der Waals surface area contributed by atoms with Gasteiger partial charge in [0.15, 0.2) is 5.69 Å². The average Bonchev–Trinajstić information content (AvgIpc) is 3.44. The first-order valence-electron chi connectivity index (χ1n) is 14.7. The summed E-state index contributed by atoms with van der Waals surface area (Å²) in [5.41, 5.74) is 1.73. The highest BCUT2D eigenvalue weighted by atomic mass is 35.5. The van der Waals surface area contributed by atoms with E-state index in [-0.39, 0.29) is 6.54 Å². The van der Waals surface area contributed by atoms with E-state index < -0.39 is 35.6 Å². The number of carboxylic acids is 1. The van der Waals surface area contributed by atoms with Gasteiger partial charge in [-0.2, -0.15) is 18.3 Å². The number of nitrogens with zero attached hydrogens (tertiary/aromatic N) is 5. The zero-order valence-electron chi connectivity index (χ0n) is 23.6. The molecule has 1 unspecified atom stereocenters. The number of carboxylic acid groups (broad SMARTS) is 1. The van der Waals surface area contributed by atoms with E-state index >= 15 is 0 Å². The van der Waals surface area contributed by atoms with Gasteiger partial charge in [-0.3, -0.25) is 9.58 Å². The van der Waals surface area contributed by atoms with Crippen molar-refractivity contribution < 1.29 is 27.5 Å². The Bertz CT molecular complexity index is 1450. The first-order valence-corrected chi connectivity index (χ1v) is 15.1. The second-order valence-electron chi connectivity index (χ2n) is 11.8. The number of aromatic nitrogens is 2. The topological polar surface area (TPSA) is 64.8 Å². The van der Waals surface area contributed by atoms with Crippen molar-refractivity contribution in [2.45, 2.75) is 44.1 Å². The second kappa shape index (κ2) is 12.0. The number of hydrogen-bond donors (Lipinski definition) is 1. The summed E-state index contributed by atoms with van der Waals surface area (Å²) in [5.74, 6) is -1.17. The first-order chi connectivity index (χ1) is 20.6. The zero-order chi connectivity index (χ0) is 30.3. The van der Waals surface area contributed by atoms with Gasteiger partial charge in [0.2, 0.25) is 0 Å². The fourth-order valence-corrected chi connectivity index (χ4v) is 6.84. The van der Waals surface area contributed by atoms with Crippen LogP contribution in [0.1, 0.15) is 47.8 Å². The summed E-state index contributed by atoms with van der Waals surface area (Å²) in [5, 5.41) is 13.7. The van der Waals surface area contributed by atoms with E-state index in [9.17, 15) is 27.5 Å². The van der Waals surface area contributed by atoms with Gasteiger partial charge in [-0.15, -0.1) is 0 Å². The van der Waals surface area contributed by atoms with Gasteiger partial charge in [0, 0.05) is 67.8 Å². The molecule has 6 rings (SSSR count). The van der Waals surface area contributed by atoms with E-state index in [1.54, 1.807) is 6.07 Å². The highest BCUT2D eigenvalue weighted by Gasteiger charge is 2.42. The van der Waals surface area contributed by atoms with Crippen LogP contribution in [0.2, 0.25) is 5.02 Å². The van der Waals surface area contributed by atoms with Crippen molar-refractivity contribution in [3.63, 3.8) is 0 Å². The molecule has 43 heavy (non-hydrogen) atoms. The molecule has 1 saturated carbocycles. The number of rotatable bonds is 7. The molecule has 2 aromatic carbocycles. The maximum atomic E-state index is 13.9. The number of carbonyl (C=O) groups is 1. The molecular weight excluding hydrogens is 586 g/mol. The Morgan fingerprint density at radius 3 is 2.37 bits per heavy atom. The Kier molecular flexibility index (Phi) is 8.30. The van der Waals surface area contributed by atoms with E-state index in [4.69, 9.17) is 11.6 Å². The van der Waals surface area contributed by atoms with Gasteiger partial charge in [0.1, 0.15) is 11.7 Å². The Morgan fingerprint density at radius 1 is 1.00 bits per heavy atom. The lowest BCUT2D eigenvalue weighted by molar-refractivity contribution is -0.145. The number of piperidine rings is 1. The number of alkyl halides is 4. The fraction of sp³-hybridized carbons (Fsp3) is 0.484. The molecule has 12 heteroatoms. The number of aromatic carboxylic acids is 1. The summed E-state index contributed by atoms with van der Waals surface area (Å²) in [7, 11) is 0. The van der Waals surface area contributed by atoms with Crippen LogP contribution in [0.3, 0.4) is 0 Å². The lowest BCUT2D eigenvalue weighted by atomic mass is 9.83. The number of benzene rings is 2. The number of anilines is 2. The smallest absolute Gasteiger partial charge is 0.433 e. The van der Waals surface area contributed by atoms with Crippen molar-refractivity contribution in [3.05, 3.63) is 64.9 Å². The normalized spacial score (nSPS) is 23.3. The van der Waals surface area contributed by atoms with Crippen LogP contribution in [0.4, 0.5) is 28.9 Å². The standard InChI is InChI=1S/C31H34ClF4N5O2/c32-22-5-8-26(21-3-6-24(7-4-21)39-12-10-38(11-13-39)18-20-14-23(33)15-20)28(16-22)40-9-1-2-25(19-40)41-29(31(34,35)36)27(17-37-41)30(42)43/h3-8,16-17,20,23,25H,1-2,9-15,18-19H2,(H,42,43). The SMILES string of the molecule is O=C(O)c1cnn(C2CCCN(c3cc(Cl)ccc3-c3ccc(N4CCN(CC5CC(F)C5)CC4)cc3)C2)c1C(F)(F)F. The average molecular weight is 620 g/mol. The molecule has 2 aliphatic heterocycles. The van der Waals surface area contributed by atoms with E-state index in [0.29, 0.717) is 43.2 Å². The summed E-state index contributed by atoms with van der Waals surface area (Å²) < 4.78 is 55.7. The molecule has 1 N–H and O–H groups in total. The monoisotopic (exact) mass is 619 g/mol.